The highest BCUT2D eigenvalue weighted by Gasteiger charge is 2.75. The summed E-state index contributed by atoms with van der Waals surface area (Å²) in [6.07, 6.45) is 4.96. The number of allylic oxidation sites excluding steroid dienone is 2. The van der Waals surface area contributed by atoms with E-state index < -0.39 is 5.41 Å². The van der Waals surface area contributed by atoms with E-state index in [1.807, 2.05) is 0 Å². The maximum absolute atomic E-state index is 13.6. The van der Waals surface area contributed by atoms with Gasteiger partial charge in [-0.1, -0.05) is 26.5 Å². The van der Waals surface area contributed by atoms with Crippen molar-refractivity contribution in [2.75, 3.05) is 13.2 Å². The van der Waals surface area contributed by atoms with Crippen LogP contribution in [0.25, 0.3) is 0 Å². The van der Waals surface area contributed by atoms with Crippen LogP contribution in [0.1, 0.15) is 45.4 Å². The van der Waals surface area contributed by atoms with Crippen molar-refractivity contribution >= 4 is 11.6 Å². The Morgan fingerprint density at radius 2 is 1.88 bits per heavy atom. The van der Waals surface area contributed by atoms with Gasteiger partial charge < -0.3 is 9.84 Å². The molecule has 1 spiro atoms. The molecule has 7 atom stereocenters. The fraction of sp³-hybridized carbons (Fsp3) is 0.727. The Labute approximate surface area is 154 Å². The lowest BCUT2D eigenvalue weighted by Crippen LogP contribution is -2.73. The van der Waals surface area contributed by atoms with Crippen molar-refractivity contribution < 1.29 is 19.4 Å². The number of ether oxygens (including phenoxy) is 1. The van der Waals surface area contributed by atoms with Crippen LogP contribution in [-0.2, 0) is 14.3 Å². The minimum atomic E-state index is -0.994. The van der Waals surface area contributed by atoms with Crippen molar-refractivity contribution in [3.8, 4) is 0 Å². The van der Waals surface area contributed by atoms with Crippen LogP contribution in [0.4, 0.5) is 0 Å². The predicted octanol–water partition coefficient (Wildman–Crippen LogP) is 2.85. The summed E-state index contributed by atoms with van der Waals surface area (Å²) >= 11 is 0. The number of aliphatic hydroxyl groups excluding tert-OH is 1. The Bertz CT molecular complexity index is 753. The first-order valence-electron chi connectivity index (χ1n) is 10.0. The summed E-state index contributed by atoms with van der Waals surface area (Å²) in [6.45, 7) is 11.0. The first-order valence-corrected chi connectivity index (χ1v) is 10.0. The zero-order chi connectivity index (χ0) is 18.5. The standard InChI is InChI=1S/C22H28O4/c1-12-14-5-8-22(18(12)24)15(9-14)21-7-4-6-20(3,11-26-16(21)10-23)17(21)13(2)19(22)25/h14-17,23H,1-2,4-11H2,3H3/t14-,15?,16?,17?,20-,21-,22-/m0/s1. The summed E-state index contributed by atoms with van der Waals surface area (Å²) < 4.78 is 6.22. The molecule has 26 heavy (non-hydrogen) atoms. The summed E-state index contributed by atoms with van der Waals surface area (Å²) in [5.74, 6) is 0.0701. The van der Waals surface area contributed by atoms with Gasteiger partial charge in [-0.25, -0.2) is 0 Å². The van der Waals surface area contributed by atoms with E-state index in [2.05, 4.69) is 20.1 Å². The number of Topliss-reactive ketones (excluding diaryl/α,β-unsaturated/α-hetero) is 2. The van der Waals surface area contributed by atoms with Crippen LogP contribution >= 0.6 is 0 Å². The van der Waals surface area contributed by atoms with Gasteiger partial charge in [0.25, 0.3) is 0 Å². The van der Waals surface area contributed by atoms with E-state index >= 15 is 0 Å². The predicted molar refractivity (Wildman–Crippen MR) is 96.3 cm³/mol. The van der Waals surface area contributed by atoms with Crippen LogP contribution in [0, 0.1) is 34.0 Å². The molecule has 5 aliphatic carbocycles. The number of fused-ring (bicyclic) bond motifs is 2. The van der Waals surface area contributed by atoms with E-state index in [9.17, 15) is 14.7 Å². The van der Waals surface area contributed by atoms with Gasteiger partial charge in [0.1, 0.15) is 0 Å². The number of carbonyl (C=O) groups excluding carboxylic acids is 2. The van der Waals surface area contributed by atoms with Gasteiger partial charge in [-0.3, -0.25) is 9.59 Å². The van der Waals surface area contributed by atoms with Crippen LogP contribution in [-0.4, -0.2) is 36.0 Å². The van der Waals surface area contributed by atoms with E-state index in [4.69, 9.17) is 4.74 Å². The van der Waals surface area contributed by atoms with Crippen LogP contribution in [0.5, 0.6) is 0 Å². The van der Waals surface area contributed by atoms with Gasteiger partial charge in [0.05, 0.1) is 24.7 Å². The highest BCUT2D eigenvalue weighted by molar-refractivity contribution is 6.21. The molecule has 1 aliphatic heterocycles. The number of aliphatic hydroxyl groups is 1. The Morgan fingerprint density at radius 3 is 2.62 bits per heavy atom. The molecule has 4 nitrogen and oxygen atoms in total. The fourth-order valence-corrected chi connectivity index (χ4v) is 7.96. The molecule has 1 N–H and O–H groups in total. The second-order valence-electron chi connectivity index (χ2n) is 9.74. The topological polar surface area (TPSA) is 63.6 Å². The van der Waals surface area contributed by atoms with Crippen molar-refractivity contribution in [3.63, 3.8) is 0 Å². The number of hydrogen-bond donors (Lipinski definition) is 1. The number of ketones is 2. The van der Waals surface area contributed by atoms with E-state index in [1.165, 1.54) is 0 Å². The molecule has 0 aromatic carbocycles. The largest absolute Gasteiger partial charge is 0.394 e. The summed E-state index contributed by atoms with van der Waals surface area (Å²) in [6, 6.07) is 0. The van der Waals surface area contributed by atoms with Crippen LogP contribution in [0.2, 0.25) is 0 Å². The maximum Gasteiger partial charge on any atom is 0.172 e. The molecule has 0 aromatic heterocycles. The number of carbonyl (C=O) groups is 2. The minimum absolute atomic E-state index is 0.0122. The third-order valence-electron chi connectivity index (χ3n) is 8.86. The first kappa shape index (κ1) is 16.9. The molecule has 6 fully saturated rings. The molecule has 140 valence electrons. The SMILES string of the molecule is C=C1C(=O)[C@@]23CC[C@@H](CC2[C@@]24CCC[C@@](C)(COC2CO)C14)C(=C)C3=O. The number of hydrogen-bond acceptors (Lipinski definition) is 4. The van der Waals surface area contributed by atoms with Gasteiger partial charge in [0.2, 0.25) is 0 Å². The van der Waals surface area contributed by atoms with Gasteiger partial charge >= 0.3 is 0 Å². The third-order valence-corrected chi connectivity index (χ3v) is 8.86. The Kier molecular flexibility index (Phi) is 3.22. The summed E-state index contributed by atoms with van der Waals surface area (Å²) in [5, 5.41) is 10.2. The summed E-state index contributed by atoms with van der Waals surface area (Å²) in [4.78, 5) is 27.0. The van der Waals surface area contributed by atoms with Crippen molar-refractivity contribution in [1.29, 1.82) is 0 Å². The molecule has 1 heterocycles. The Balaban J connectivity index is 1.77. The molecule has 0 aromatic rings. The molecule has 3 unspecified atom stereocenters. The monoisotopic (exact) mass is 356 g/mol. The molecule has 5 saturated carbocycles. The highest BCUT2D eigenvalue weighted by atomic mass is 16.5. The van der Waals surface area contributed by atoms with Crippen molar-refractivity contribution in [1.82, 2.24) is 0 Å². The van der Waals surface area contributed by atoms with Crippen LogP contribution in [0.3, 0.4) is 0 Å². The van der Waals surface area contributed by atoms with Crippen LogP contribution < -0.4 is 0 Å². The van der Waals surface area contributed by atoms with Gasteiger partial charge in [0, 0.05) is 11.3 Å². The average Bonchev–Trinajstić information content (AvgIpc) is 2.63. The lowest BCUT2D eigenvalue weighted by Gasteiger charge is -2.71. The van der Waals surface area contributed by atoms with E-state index in [-0.39, 0.29) is 52.9 Å². The normalized spacial score (nSPS) is 52.7. The second kappa shape index (κ2) is 4.96. The smallest absolute Gasteiger partial charge is 0.172 e. The quantitative estimate of drug-likeness (QED) is 0.580. The van der Waals surface area contributed by atoms with E-state index in [0.29, 0.717) is 24.2 Å². The molecule has 6 rings (SSSR count). The second-order valence-corrected chi connectivity index (χ2v) is 9.74. The summed E-state index contributed by atoms with van der Waals surface area (Å²) in [5.41, 5.74) is -0.216. The zero-order valence-electron chi connectivity index (χ0n) is 15.6. The third kappa shape index (κ3) is 1.57. The van der Waals surface area contributed by atoms with Crippen molar-refractivity contribution in [2.24, 2.45) is 34.0 Å². The Hall–Kier alpha value is -1.26. The molecular formula is C22H28O4. The van der Waals surface area contributed by atoms with Gasteiger partial charge in [0.15, 0.2) is 11.6 Å². The van der Waals surface area contributed by atoms with E-state index in [0.717, 1.165) is 32.1 Å². The molecule has 4 bridgehead atoms. The van der Waals surface area contributed by atoms with Crippen LogP contribution in [0.15, 0.2) is 24.3 Å². The molecule has 0 amide bonds. The van der Waals surface area contributed by atoms with Crippen molar-refractivity contribution in [3.05, 3.63) is 24.3 Å². The van der Waals surface area contributed by atoms with Crippen molar-refractivity contribution in [2.45, 2.75) is 51.6 Å². The van der Waals surface area contributed by atoms with Gasteiger partial charge in [-0.2, -0.15) is 0 Å². The Morgan fingerprint density at radius 1 is 1.15 bits per heavy atom. The van der Waals surface area contributed by atoms with Gasteiger partial charge in [-0.05, 0) is 60.5 Å². The molecule has 6 aliphatic rings. The zero-order valence-corrected chi connectivity index (χ0v) is 15.6. The fourth-order valence-electron chi connectivity index (χ4n) is 7.96. The van der Waals surface area contributed by atoms with E-state index in [1.54, 1.807) is 0 Å². The average molecular weight is 356 g/mol. The maximum atomic E-state index is 13.6. The molecule has 1 saturated heterocycles. The first-order chi connectivity index (χ1) is 12.3. The van der Waals surface area contributed by atoms with Gasteiger partial charge in [-0.15, -0.1) is 0 Å². The highest BCUT2D eigenvalue weighted by Crippen LogP contribution is 2.73. The lowest BCUT2D eigenvalue weighted by atomic mass is 9.33. The molecule has 0 radical (unpaired) electrons. The minimum Gasteiger partial charge on any atom is -0.394 e. The lowest BCUT2D eigenvalue weighted by molar-refractivity contribution is -0.260. The number of rotatable bonds is 1. The molecule has 4 heteroatoms. The summed E-state index contributed by atoms with van der Waals surface area (Å²) in [7, 11) is 0. The molecular weight excluding hydrogens is 328 g/mol.